The van der Waals surface area contributed by atoms with E-state index in [2.05, 4.69) is 36.1 Å². The van der Waals surface area contributed by atoms with Gasteiger partial charge in [-0.3, -0.25) is 0 Å². The van der Waals surface area contributed by atoms with E-state index >= 15 is 0 Å². The predicted octanol–water partition coefficient (Wildman–Crippen LogP) is 2.77. The van der Waals surface area contributed by atoms with Gasteiger partial charge >= 0.3 is 0 Å². The fourth-order valence-corrected chi connectivity index (χ4v) is 2.68. The summed E-state index contributed by atoms with van der Waals surface area (Å²) in [5.74, 6) is 0.503. The lowest BCUT2D eigenvalue weighted by molar-refractivity contribution is 0.176. The van der Waals surface area contributed by atoms with Gasteiger partial charge in [-0.15, -0.1) is 0 Å². The maximum atomic E-state index is 9.54. The van der Waals surface area contributed by atoms with E-state index in [0.29, 0.717) is 5.92 Å². The van der Waals surface area contributed by atoms with E-state index < -0.39 is 0 Å². The molecule has 0 fully saturated rings. The summed E-state index contributed by atoms with van der Waals surface area (Å²) in [6.07, 6.45) is 1.84. The number of hydrogen-bond acceptors (Lipinski definition) is 2. The highest BCUT2D eigenvalue weighted by atomic mass is 16.3. The highest BCUT2D eigenvalue weighted by Crippen LogP contribution is 2.38. The van der Waals surface area contributed by atoms with Crippen LogP contribution < -0.4 is 4.90 Å². The van der Waals surface area contributed by atoms with Gasteiger partial charge < -0.3 is 10.0 Å². The number of hydrogen-bond donors (Lipinski definition) is 1. The van der Waals surface area contributed by atoms with Crippen molar-refractivity contribution in [1.29, 1.82) is 0 Å². The van der Waals surface area contributed by atoms with Crippen LogP contribution in [0.3, 0.4) is 0 Å². The van der Waals surface area contributed by atoms with Crippen molar-refractivity contribution in [2.24, 2.45) is 0 Å². The van der Waals surface area contributed by atoms with E-state index in [-0.39, 0.29) is 6.10 Å². The molecular weight excluding hydrogens is 198 g/mol. The Labute approximate surface area is 97.9 Å². The molecule has 16 heavy (non-hydrogen) atoms. The quantitative estimate of drug-likeness (QED) is 0.841. The van der Waals surface area contributed by atoms with E-state index in [1.54, 1.807) is 0 Å². The number of aliphatic hydroxyl groups is 1. The van der Waals surface area contributed by atoms with Gasteiger partial charge in [-0.05, 0) is 31.4 Å². The summed E-state index contributed by atoms with van der Waals surface area (Å²) < 4.78 is 0. The fourth-order valence-electron chi connectivity index (χ4n) is 2.68. The average molecular weight is 219 g/mol. The Morgan fingerprint density at radius 3 is 2.88 bits per heavy atom. The van der Waals surface area contributed by atoms with Gasteiger partial charge in [0.1, 0.15) is 0 Å². The Hall–Kier alpha value is -1.02. The molecule has 2 heteroatoms. The molecule has 2 rings (SSSR count). The molecule has 2 atom stereocenters. The second kappa shape index (κ2) is 4.88. The van der Waals surface area contributed by atoms with Crippen molar-refractivity contribution in [2.45, 2.75) is 38.7 Å². The van der Waals surface area contributed by atoms with Gasteiger partial charge in [-0.25, -0.2) is 0 Å². The highest BCUT2D eigenvalue weighted by molar-refractivity contribution is 5.60. The van der Waals surface area contributed by atoms with Gasteiger partial charge in [-0.2, -0.15) is 0 Å². The molecule has 0 saturated heterocycles. The van der Waals surface area contributed by atoms with Crippen LogP contribution in [-0.4, -0.2) is 24.3 Å². The molecule has 0 bridgehead atoms. The lowest BCUT2D eigenvalue weighted by atomic mass is 9.96. The molecule has 0 radical (unpaired) electrons. The minimum absolute atomic E-state index is 0.209. The third-order valence-corrected chi connectivity index (χ3v) is 3.28. The van der Waals surface area contributed by atoms with Crippen LogP contribution in [0.4, 0.5) is 5.69 Å². The minimum atomic E-state index is -0.209. The van der Waals surface area contributed by atoms with Crippen LogP contribution in [0.1, 0.15) is 38.2 Å². The van der Waals surface area contributed by atoms with Gasteiger partial charge in [0.25, 0.3) is 0 Å². The molecular formula is C14H21NO. The largest absolute Gasteiger partial charge is 0.393 e. The summed E-state index contributed by atoms with van der Waals surface area (Å²) in [6.45, 7) is 6.28. The SMILES string of the molecule is CCCN1CC(CC(C)O)c2ccccc21. The molecule has 2 nitrogen and oxygen atoms in total. The van der Waals surface area contributed by atoms with Crippen LogP contribution in [0.15, 0.2) is 24.3 Å². The number of benzene rings is 1. The Balaban J connectivity index is 2.21. The van der Waals surface area contributed by atoms with Crippen molar-refractivity contribution in [3.05, 3.63) is 29.8 Å². The van der Waals surface area contributed by atoms with E-state index in [4.69, 9.17) is 0 Å². The molecule has 0 spiro atoms. The van der Waals surface area contributed by atoms with Gasteiger partial charge in [0.15, 0.2) is 0 Å². The summed E-state index contributed by atoms with van der Waals surface area (Å²) in [5.41, 5.74) is 2.78. The van der Waals surface area contributed by atoms with Crippen LogP contribution in [-0.2, 0) is 0 Å². The predicted molar refractivity (Wildman–Crippen MR) is 68.0 cm³/mol. The van der Waals surface area contributed by atoms with Crippen molar-refractivity contribution in [3.8, 4) is 0 Å². The summed E-state index contributed by atoms with van der Waals surface area (Å²) in [6, 6.07) is 8.61. The standard InChI is InChI=1S/C14H21NO/c1-3-8-15-10-12(9-11(2)16)13-6-4-5-7-14(13)15/h4-7,11-12,16H,3,8-10H2,1-2H3. The minimum Gasteiger partial charge on any atom is -0.393 e. The molecule has 1 heterocycles. The third kappa shape index (κ3) is 2.22. The zero-order valence-electron chi connectivity index (χ0n) is 10.2. The molecule has 88 valence electrons. The maximum Gasteiger partial charge on any atom is 0.0518 e. The summed E-state index contributed by atoms with van der Waals surface area (Å²) >= 11 is 0. The van der Waals surface area contributed by atoms with Crippen LogP contribution in [0.25, 0.3) is 0 Å². The molecule has 0 saturated carbocycles. The first-order valence-corrected chi connectivity index (χ1v) is 6.24. The van der Waals surface area contributed by atoms with E-state index in [0.717, 1.165) is 19.5 Å². The lowest BCUT2D eigenvalue weighted by Gasteiger charge is -2.19. The zero-order valence-corrected chi connectivity index (χ0v) is 10.2. The normalized spacial score (nSPS) is 20.9. The number of fused-ring (bicyclic) bond motifs is 1. The molecule has 1 N–H and O–H groups in total. The number of nitrogens with zero attached hydrogens (tertiary/aromatic N) is 1. The molecule has 0 aliphatic carbocycles. The zero-order chi connectivity index (χ0) is 11.5. The van der Waals surface area contributed by atoms with Crippen LogP contribution >= 0.6 is 0 Å². The van der Waals surface area contributed by atoms with Gasteiger partial charge in [0.05, 0.1) is 6.10 Å². The summed E-state index contributed by atoms with van der Waals surface area (Å²) in [5, 5.41) is 9.54. The monoisotopic (exact) mass is 219 g/mol. The fraction of sp³-hybridized carbons (Fsp3) is 0.571. The molecule has 1 aliphatic rings. The van der Waals surface area contributed by atoms with Crippen molar-refractivity contribution in [1.82, 2.24) is 0 Å². The number of para-hydroxylation sites is 1. The highest BCUT2D eigenvalue weighted by Gasteiger charge is 2.28. The first-order chi connectivity index (χ1) is 7.72. The third-order valence-electron chi connectivity index (χ3n) is 3.28. The van der Waals surface area contributed by atoms with E-state index in [9.17, 15) is 5.11 Å². The van der Waals surface area contributed by atoms with Crippen LogP contribution in [0, 0.1) is 0 Å². The lowest BCUT2D eigenvalue weighted by Crippen LogP contribution is -2.23. The molecule has 2 unspecified atom stereocenters. The maximum absolute atomic E-state index is 9.54. The first kappa shape index (κ1) is 11.5. The topological polar surface area (TPSA) is 23.5 Å². The van der Waals surface area contributed by atoms with Gasteiger partial charge in [-0.1, -0.05) is 25.1 Å². The molecule has 1 aliphatic heterocycles. The molecule has 0 aromatic heterocycles. The van der Waals surface area contributed by atoms with Crippen LogP contribution in [0.2, 0.25) is 0 Å². The number of aliphatic hydroxyl groups excluding tert-OH is 1. The second-order valence-corrected chi connectivity index (χ2v) is 4.79. The van der Waals surface area contributed by atoms with Gasteiger partial charge in [0.2, 0.25) is 0 Å². The second-order valence-electron chi connectivity index (χ2n) is 4.79. The number of anilines is 1. The van der Waals surface area contributed by atoms with Crippen molar-refractivity contribution >= 4 is 5.69 Å². The van der Waals surface area contributed by atoms with Gasteiger partial charge in [0, 0.05) is 24.7 Å². The van der Waals surface area contributed by atoms with Crippen LogP contribution in [0.5, 0.6) is 0 Å². The smallest absolute Gasteiger partial charge is 0.0518 e. The Bertz CT molecular complexity index is 348. The van der Waals surface area contributed by atoms with E-state index in [1.165, 1.54) is 17.7 Å². The van der Waals surface area contributed by atoms with Crippen molar-refractivity contribution in [2.75, 3.05) is 18.0 Å². The van der Waals surface area contributed by atoms with E-state index in [1.807, 2.05) is 6.92 Å². The molecule has 0 amide bonds. The summed E-state index contributed by atoms with van der Waals surface area (Å²) in [4.78, 5) is 2.45. The molecule has 1 aromatic carbocycles. The Kier molecular flexibility index (Phi) is 3.49. The average Bonchev–Trinajstić information content (AvgIpc) is 2.58. The summed E-state index contributed by atoms with van der Waals surface area (Å²) in [7, 11) is 0. The molecule has 1 aromatic rings. The van der Waals surface area contributed by atoms with Crippen molar-refractivity contribution in [3.63, 3.8) is 0 Å². The van der Waals surface area contributed by atoms with Crippen molar-refractivity contribution < 1.29 is 5.11 Å². The Morgan fingerprint density at radius 2 is 2.19 bits per heavy atom. The first-order valence-electron chi connectivity index (χ1n) is 6.24. The Morgan fingerprint density at radius 1 is 1.44 bits per heavy atom. The number of rotatable bonds is 4.